The highest BCUT2D eigenvalue weighted by molar-refractivity contribution is 7.22. The van der Waals surface area contributed by atoms with Crippen LogP contribution < -0.4 is 20.7 Å². The van der Waals surface area contributed by atoms with Crippen LogP contribution >= 0.6 is 11.3 Å². The number of nitrogens with zero attached hydrogens (tertiary/aromatic N) is 4. The molecule has 1 unspecified atom stereocenters. The average molecular weight is 566 g/mol. The molecule has 1 aliphatic carbocycles. The highest BCUT2D eigenvalue weighted by atomic mass is 32.1. The highest BCUT2D eigenvalue weighted by Gasteiger charge is 2.26. The maximum Gasteiger partial charge on any atom is 0.407 e. The van der Waals surface area contributed by atoms with E-state index in [1.807, 2.05) is 16.8 Å². The number of thiophene rings is 1. The Bertz CT molecular complexity index is 1550. The molecule has 0 bridgehead atoms. The van der Waals surface area contributed by atoms with E-state index >= 15 is 0 Å². The van der Waals surface area contributed by atoms with E-state index in [1.54, 1.807) is 24.7 Å². The third kappa shape index (κ3) is 5.84. The van der Waals surface area contributed by atoms with Crippen LogP contribution in [0.15, 0.2) is 49.1 Å². The first-order valence-corrected chi connectivity index (χ1v) is 13.9. The largest absolute Gasteiger partial charge is 0.465 e. The van der Waals surface area contributed by atoms with E-state index in [1.165, 1.54) is 28.4 Å². The Morgan fingerprint density at radius 1 is 1.20 bits per heavy atom. The van der Waals surface area contributed by atoms with Crippen LogP contribution in [-0.2, 0) is 6.54 Å². The van der Waals surface area contributed by atoms with Gasteiger partial charge in [0.2, 0.25) is 0 Å². The first-order chi connectivity index (χ1) is 19.4. The zero-order valence-corrected chi connectivity index (χ0v) is 22.3. The topological polar surface area (TPSA) is 134 Å². The number of hydrogen-bond donors (Lipinski definition) is 4. The molecule has 2 aliphatic rings. The molecule has 40 heavy (non-hydrogen) atoms. The second-order valence-electron chi connectivity index (χ2n) is 9.87. The number of aromatic nitrogens is 3. The lowest BCUT2D eigenvalue weighted by molar-refractivity contribution is 0.108. The predicted molar refractivity (Wildman–Crippen MR) is 148 cm³/mol. The number of carboxylic acid groups (broad SMARTS) is 1. The van der Waals surface area contributed by atoms with Gasteiger partial charge in [-0.3, -0.25) is 4.98 Å². The number of imidazole rings is 1. The fourth-order valence-electron chi connectivity index (χ4n) is 4.66. The fraction of sp³-hybridized carbons (Fsp3) is 0.333. The Labute approximate surface area is 233 Å². The van der Waals surface area contributed by atoms with E-state index in [0.29, 0.717) is 49.6 Å². The minimum absolute atomic E-state index is 0.0347. The molecule has 0 radical (unpaired) electrons. The standard InChI is InChI=1S/C27H28FN7O4S/c28-19-11-17(33-26(36)32-16-1-2-16)3-4-22(19)39-23-5-7-30-20-12-24(40-25(20)23)21-14-34(15-31-21)9-6-18-13-29-8-10-35(18)27(37)38/h3-5,7,11-12,14-16,18,29H,1-2,6,8-10,13H2,(H,37,38)(H2,32,33,36). The number of benzene rings is 1. The van der Waals surface area contributed by atoms with Gasteiger partial charge in [-0.2, -0.15) is 0 Å². The summed E-state index contributed by atoms with van der Waals surface area (Å²) in [6.07, 6.45) is 6.98. The van der Waals surface area contributed by atoms with Gasteiger partial charge in [0.05, 0.1) is 27.1 Å². The van der Waals surface area contributed by atoms with Crippen molar-refractivity contribution in [3.63, 3.8) is 0 Å². The van der Waals surface area contributed by atoms with E-state index in [4.69, 9.17) is 4.74 Å². The molecule has 4 aromatic rings. The van der Waals surface area contributed by atoms with Crippen LogP contribution in [0.3, 0.4) is 0 Å². The van der Waals surface area contributed by atoms with Gasteiger partial charge in [0, 0.05) is 68.5 Å². The minimum Gasteiger partial charge on any atom is -0.465 e. The number of amides is 3. The van der Waals surface area contributed by atoms with E-state index in [0.717, 1.165) is 28.1 Å². The molecule has 13 heteroatoms. The SMILES string of the molecule is O=C(Nc1ccc(Oc2ccnc3cc(-c4cn(CCC5CNCCN5C(=O)O)cn4)sc23)c(F)c1)NC1CC1. The number of piperazine rings is 1. The summed E-state index contributed by atoms with van der Waals surface area (Å²) < 4.78 is 23.5. The van der Waals surface area contributed by atoms with Crippen LogP contribution in [0.5, 0.6) is 11.5 Å². The molecule has 1 aliphatic heterocycles. The molecule has 4 N–H and O–H groups in total. The lowest BCUT2D eigenvalue weighted by Crippen LogP contribution is -2.53. The van der Waals surface area contributed by atoms with Crippen molar-refractivity contribution in [1.29, 1.82) is 0 Å². The van der Waals surface area contributed by atoms with Gasteiger partial charge in [-0.1, -0.05) is 0 Å². The summed E-state index contributed by atoms with van der Waals surface area (Å²) >= 11 is 1.44. The van der Waals surface area contributed by atoms with Gasteiger partial charge >= 0.3 is 12.1 Å². The van der Waals surface area contributed by atoms with Crippen molar-refractivity contribution in [3.8, 4) is 22.1 Å². The van der Waals surface area contributed by atoms with Gasteiger partial charge in [-0.05, 0) is 37.5 Å². The maximum atomic E-state index is 14.8. The Kier molecular flexibility index (Phi) is 7.22. The monoisotopic (exact) mass is 565 g/mol. The van der Waals surface area contributed by atoms with Gasteiger partial charge in [0.1, 0.15) is 5.75 Å². The van der Waals surface area contributed by atoms with Crippen molar-refractivity contribution < 1.29 is 23.8 Å². The number of carbonyl (C=O) groups excluding carboxylic acids is 1. The van der Waals surface area contributed by atoms with Crippen molar-refractivity contribution in [2.75, 3.05) is 25.0 Å². The number of ether oxygens (including phenoxy) is 1. The Morgan fingerprint density at radius 2 is 2.08 bits per heavy atom. The molecule has 2 fully saturated rings. The molecule has 11 nitrogen and oxygen atoms in total. The van der Waals surface area contributed by atoms with Crippen LogP contribution in [-0.4, -0.2) is 68.4 Å². The summed E-state index contributed by atoms with van der Waals surface area (Å²) in [5.74, 6) is -0.0999. The number of urea groups is 1. The third-order valence-electron chi connectivity index (χ3n) is 6.90. The quantitative estimate of drug-likeness (QED) is 0.243. The van der Waals surface area contributed by atoms with E-state index in [-0.39, 0.29) is 23.9 Å². The van der Waals surface area contributed by atoms with Gasteiger partial charge in [0.15, 0.2) is 11.6 Å². The number of anilines is 1. The van der Waals surface area contributed by atoms with Crippen molar-refractivity contribution in [3.05, 3.63) is 54.9 Å². The molecule has 1 aromatic carbocycles. The summed E-state index contributed by atoms with van der Waals surface area (Å²) in [7, 11) is 0. The normalized spacial score (nSPS) is 17.1. The summed E-state index contributed by atoms with van der Waals surface area (Å²) in [4.78, 5) is 34.8. The van der Waals surface area contributed by atoms with Crippen molar-refractivity contribution in [2.45, 2.75) is 37.9 Å². The number of fused-ring (bicyclic) bond motifs is 1. The first kappa shape index (κ1) is 26.0. The fourth-order valence-corrected chi connectivity index (χ4v) is 5.69. The van der Waals surface area contributed by atoms with Crippen molar-refractivity contribution in [2.24, 2.45) is 0 Å². The van der Waals surface area contributed by atoms with E-state index < -0.39 is 11.9 Å². The molecule has 1 saturated heterocycles. The predicted octanol–water partition coefficient (Wildman–Crippen LogP) is 4.72. The molecule has 3 aromatic heterocycles. The number of carbonyl (C=O) groups is 2. The molecule has 208 valence electrons. The minimum atomic E-state index is -0.891. The third-order valence-corrected chi connectivity index (χ3v) is 8.06. The molecular weight excluding hydrogens is 537 g/mol. The smallest absolute Gasteiger partial charge is 0.407 e. The number of nitrogens with one attached hydrogen (secondary N) is 3. The molecule has 1 atom stereocenters. The summed E-state index contributed by atoms with van der Waals surface area (Å²) in [6.45, 7) is 2.41. The van der Waals surface area contributed by atoms with E-state index in [2.05, 4.69) is 25.9 Å². The number of pyridine rings is 1. The number of aryl methyl sites for hydroxylation is 1. The number of hydrogen-bond acceptors (Lipinski definition) is 7. The average Bonchev–Trinajstić information content (AvgIpc) is 3.43. The lowest BCUT2D eigenvalue weighted by Gasteiger charge is -2.34. The summed E-state index contributed by atoms with van der Waals surface area (Å²) in [5, 5.41) is 18.2. The lowest BCUT2D eigenvalue weighted by atomic mass is 10.1. The van der Waals surface area contributed by atoms with Gasteiger partial charge in [0.25, 0.3) is 0 Å². The number of halogens is 1. The van der Waals surface area contributed by atoms with Crippen molar-refractivity contribution >= 4 is 39.4 Å². The second-order valence-corrected chi connectivity index (χ2v) is 10.9. The molecular formula is C27H28FN7O4S. The molecule has 0 spiro atoms. The van der Waals surface area contributed by atoms with Crippen LogP contribution in [0.2, 0.25) is 0 Å². The molecule has 4 heterocycles. The highest BCUT2D eigenvalue weighted by Crippen LogP contribution is 2.39. The van der Waals surface area contributed by atoms with E-state index in [9.17, 15) is 19.1 Å². The molecule has 1 saturated carbocycles. The zero-order valence-electron chi connectivity index (χ0n) is 21.5. The summed E-state index contributed by atoms with van der Waals surface area (Å²) in [6, 6.07) is 7.66. The summed E-state index contributed by atoms with van der Waals surface area (Å²) in [5.41, 5.74) is 1.80. The zero-order chi connectivity index (χ0) is 27.6. The molecule has 3 amide bonds. The second kappa shape index (κ2) is 11.1. The Balaban J connectivity index is 1.14. The number of rotatable bonds is 8. The van der Waals surface area contributed by atoms with Crippen LogP contribution in [0.25, 0.3) is 20.8 Å². The Hall–Kier alpha value is -4.23. The Morgan fingerprint density at radius 3 is 2.88 bits per heavy atom. The first-order valence-electron chi connectivity index (χ1n) is 13.1. The van der Waals surface area contributed by atoms with Crippen LogP contribution in [0, 0.1) is 5.82 Å². The molecule has 6 rings (SSSR count). The van der Waals surface area contributed by atoms with Gasteiger partial charge < -0.3 is 35.3 Å². The van der Waals surface area contributed by atoms with Crippen LogP contribution in [0.4, 0.5) is 19.7 Å². The van der Waals surface area contributed by atoms with Gasteiger partial charge in [-0.15, -0.1) is 11.3 Å². The van der Waals surface area contributed by atoms with Crippen molar-refractivity contribution in [1.82, 2.24) is 30.1 Å². The maximum absolute atomic E-state index is 14.8. The van der Waals surface area contributed by atoms with Crippen LogP contribution in [0.1, 0.15) is 19.3 Å². The van der Waals surface area contributed by atoms with Gasteiger partial charge in [-0.25, -0.2) is 19.0 Å².